The predicted octanol–water partition coefficient (Wildman–Crippen LogP) is 3.01. The molecule has 0 spiro atoms. The maximum atomic E-state index is 4.52. The van der Waals surface area contributed by atoms with E-state index in [0.717, 1.165) is 38.0 Å². The Kier molecular flexibility index (Phi) is 9.28. The van der Waals surface area contributed by atoms with Gasteiger partial charge in [-0.2, -0.15) is 0 Å². The van der Waals surface area contributed by atoms with Gasteiger partial charge in [0, 0.05) is 39.4 Å². The maximum absolute atomic E-state index is 4.52. The molecule has 0 bridgehead atoms. The number of hydrogen-bond acceptors (Lipinski definition) is 3. The second-order valence-electron chi connectivity index (χ2n) is 6.27. The van der Waals surface area contributed by atoms with Gasteiger partial charge >= 0.3 is 0 Å². The lowest BCUT2D eigenvalue weighted by atomic mass is 10.1. The van der Waals surface area contributed by atoms with Crippen molar-refractivity contribution < 1.29 is 0 Å². The van der Waals surface area contributed by atoms with Gasteiger partial charge in [-0.05, 0) is 42.9 Å². The molecule has 0 aromatic carbocycles. The molecule has 0 unspecified atom stereocenters. The number of piperidine rings is 1. The Morgan fingerprint density at radius 2 is 2.00 bits per heavy atom. The summed E-state index contributed by atoms with van der Waals surface area (Å²) in [5, 5.41) is 6.69. The van der Waals surface area contributed by atoms with Crippen LogP contribution in [0, 0.1) is 5.92 Å². The fourth-order valence-corrected chi connectivity index (χ4v) is 2.57. The molecule has 1 aromatic rings. The first-order chi connectivity index (χ1) is 10.7. The SMILES string of the molecule is CN=C(NCc1ccnc(N2CCCCC2)c1)NCC(C)C.I. The summed E-state index contributed by atoms with van der Waals surface area (Å²) in [6.45, 7) is 8.32. The normalized spacial score (nSPS) is 15.3. The number of nitrogens with zero attached hydrogens (tertiary/aromatic N) is 3. The van der Waals surface area contributed by atoms with Crippen LogP contribution in [-0.2, 0) is 6.54 Å². The monoisotopic (exact) mass is 431 g/mol. The van der Waals surface area contributed by atoms with E-state index in [1.165, 1.54) is 24.8 Å². The maximum Gasteiger partial charge on any atom is 0.191 e. The highest BCUT2D eigenvalue weighted by molar-refractivity contribution is 14.0. The van der Waals surface area contributed by atoms with Crippen molar-refractivity contribution in [3.8, 4) is 0 Å². The molecular formula is C17H30IN5. The second kappa shape index (κ2) is 10.7. The van der Waals surface area contributed by atoms with Crippen LogP contribution < -0.4 is 15.5 Å². The summed E-state index contributed by atoms with van der Waals surface area (Å²) in [5.74, 6) is 2.55. The molecule has 5 nitrogen and oxygen atoms in total. The van der Waals surface area contributed by atoms with Gasteiger partial charge in [-0.25, -0.2) is 4.98 Å². The Bertz CT molecular complexity index is 484. The van der Waals surface area contributed by atoms with E-state index in [1.807, 2.05) is 6.20 Å². The number of halogens is 1. The predicted molar refractivity (Wildman–Crippen MR) is 109 cm³/mol. The second-order valence-corrected chi connectivity index (χ2v) is 6.27. The Morgan fingerprint density at radius 1 is 1.26 bits per heavy atom. The lowest BCUT2D eigenvalue weighted by Crippen LogP contribution is -2.38. The van der Waals surface area contributed by atoms with Crippen LogP contribution in [0.3, 0.4) is 0 Å². The molecule has 1 fully saturated rings. The Morgan fingerprint density at radius 3 is 2.65 bits per heavy atom. The van der Waals surface area contributed by atoms with Crippen LogP contribution in [0.5, 0.6) is 0 Å². The Labute approximate surface area is 157 Å². The molecule has 2 N–H and O–H groups in total. The van der Waals surface area contributed by atoms with E-state index in [1.54, 1.807) is 7.05 Å². The average Bonchev–Trinajstić information content (AvgIpc) is 2.56. The summed E-state index contributed by atoms with van der Waals surface area (Å²) in [5.41, 5.74) is 1.24. The van der Waals surface area contributed by atoms with Gasteiger partial charge in [0.25, 0.3) is 0 Å². The van der Waals surface area contributed by atoms with Crippen molar-refractivity contribution in [3.05, 3.63) is 23.9 Å². The minimum absolute atomic E-state index is 0. The van der Waals surface area contributed by atoms with Crippen molar-refractivity contribution in [2.75, 3.05) is 31.6 Å². The third-order valence-electron chi connectivity index (χ3n) is 3.85. The fraction of sp³-hybridized carbons (Fsp3) is 0.647. The highest BCUT2D eigenvalue weighted by atomic mass is 127. The third kappa shape index (κ3) is 6.93. The molecule has 0 saturated carbocycles. The number of aromatic nitrogens is 1. The molecule has 1 aliphatic heterocycles. The zero-order valence-corrected chi connectivity index (χ0v) is 16.8. The topological polar surface area (TPSA) is 52.6 Å². The first-order valence-corrected chi connectivity index (χ1v) is 8.33. The standard InChI is InChI=1S/C17H29N5.HI/c1-14(2)12-20-17(18-3)21-13-15-7-8-19-16(11-15)22-9-5-4-6-10-22;/h7-8,11,14H,4-6,9-10,12-13H2,1-3H3,(H2,18,20,21);1H. The van der Waals surface area contributed by atoms with Gasteiger partial charge in [0.1, 0.15) is 5.82 Å². The van der Waals surface area contributed by atoms with Crippen LogP contribution in [0.2, 0.25) is 0 Å². The molecule has 6 heteroatoms. The first kappa shape index (κ1) is 20.0. The average molecular weight is 431 g/mol. The molecule has 1 saturated heterocycles. The number of hydrogen-bond donors (Lipinski definition) is 2. The van der Waals surface area contributed by atoms with E-state index in [-0.39, 0.29) is 24.0 Å². The van der Waals surface area contributed by atoms with Gasteiger partial charge in [-0.15, -0.1) is 24.0 Å². The van der Waals surface area contributed by atoms with E-state index >= 15 is 0 Å². The van der Waals surface area contributed by atoms with E-state index in [4.69, 9.17) is 0 Å². The van der Waals surface area contributed by atoms with Crippen molar-refractivity contribution in [2.24, 2.45) is 10.9 Å². The molecule has 0 aliphatic carbocycles. The van der Waals surface area contributed by atoms with Crippen LogP contribution in [0.25, 0.3) is 0 Å². The summed E-state index contributed by atoms with van der Waals surface area (Å²) in [6.07, 6.45) is 5.80. The van der Waals surface area contributed by atoms with Gasteiger partial charge in [-0.1, -0.05) is 13.8 Å². The molecule has 0 atom stereocenters. The number of anilines is 1. The summed E-state index contributed by atoms with van der Waals surface area (Å²) >= 11 is 0. The minimum atomic E-state index is 0. The van der Waals surface area contributed by atoms with Crippen molar-refractivity contribution in [2.45, 2.75) is 39.7 Å². The quantitative estimate of drug-likeness (QED) is 0.428. The number of nitrogens with one attached hydrogen (secondary N) is 2. The molecule has 130 valence electrons. The smallest absolute Gasteiger partial charge is 0.191 e. The third-order valence-corrected chi connectivity index (χ3v) is 3.85. The summed E-state index contributed by atoms with van der Waals surface area (Å²) in [6, 6.07) is 4.25. The number of rotatable bonds is 5. The fourth-order valence-electron chi connectivity index (χ4n) is 2.57. The molecule has 2 rings (SSSR count). The molecular weight excluding hydrogens is 401 g/mol. The molecule has 1 aliphatic rings. The van der Waals surface area contributed by atoms with Gasteiger partial charge in [0.15, 0.2) is 5.96 Å². The summed E-state index contributed by atoms with van der Waals surface area (Å²) < 4.78 is 0. The number of aliphatic imine (C=N–C) groups is 1. The molecule has 0 radical (unpaired) electrons. The highest BCUT2D eigenvalue weighted by Crippen LogP contribution is 2.18. The molecule has 2 heterocycles. The molecule has 0 amide bonds. The Balaban J connectivity index is 0.00000264. The van der Waals surface area contributed by atoms with Crippen molar-refractivity contribution >= 4 is 35.8 Å². The van der Waals surface area contributed by atoms with Gasteiger partial charge in [0.2, 0.25) is 0 Å². The van der Waals surface area contributed by atoms with Crippen molar-refractivity contribution in [1.82, 2.24) is 15.6 Å². The van der Waals surface area contributed by atoms with Gasteiger partial charge in [-0.3, -0.25) is 4.99 Å². The van der Waals surface area contributed by atoms with Crippen LogP contribution in [-0.4, -0.2) is 37.6 Å². The first-order valence-electron chi connectivity index (χ1n) is 8.33. The van der Waals surface area contributed by atoms with Gasteiger partial charge < -0.3 is 15.5 Å². The van der Waals surface area contributed by atoms with Crippen molar-refractivity contribution in [1.29, 1.82) is 0 Å². The van der Waals surface area contributed by atoms with Crippen LogP contribution in [0.15, 0.2) is 23.3 Å². The van der Waals surface area contributed by atoms with Crippen LogP contribution >= 0.6 is 24.0 Å². The molecule has 1 aromatic heterocycles. The lowest BCUT2D eigenvalue weighted by molar-refractivity contribution is 0.573. The Hall–Kier alpha value is -1.05. The minimum Gasteiger partial charge on any atom is -0.357 e. The number of pyridine rings is 1. The summed E-state index contributed by atoms with van der Waals surface area (Å²) in [7, 11) is 1.81. The van der Waals surface area contributed by atoms with E-state index < -0.39 is 0 Å². The van der Waals surface area contributed by atoms with Crippen LogP contribution in [0.4, 0.5) is 5.82 Å². The lowest BCUT2D eigenvalue weighted by Gasteiger charge is -2.28. The van der Waals surface area contributed by atoms with Crippen molar-refractivity contribution in [3.63, 3.8) is 0 Å². The zero-order chi connectivity index (χ0) is 15.8. The zero-order valence-electron chi connectivity index (χ0n) is 14.5. The van der Waals surface area contributed by atoms with E-state index in [0.29, 0.717) is 5.92 Å². The van der Waals surface area contributed by atoms with E-state index in [9.17, 15) is 0 Å². The van der Waals surface area contributed by atoms with E-state index in [2.05, 4.69) is 51.5 Å². The summed E-state index contributed by atoms with van der Waals surface area (Å²) in [4.78, 5) is 11.2. The molecule has 23 heavy (non-hydrogen) atoms. The van der Waals surface area contributed by atoms with Crippen LogP contribution in [0.1, 0.15) is 38.7 Å². The largest absolute Gasteiger partial charge is 0.357 e. The number of guanidine groups is 1. The van der Waals surface area contributed by atoms with Gasteiger partial charge in [0.05, 0.1) is 0 Å². The highest BCUT2D eigenvalue weighted by Gasteiger charge is 2.12.